The number of halogens is 1. The highest BCUT2D eigenvalue weighted by Crippen LogP contribution is 2.29. The highest BCUT2D eigenvalue weighted by atomic mass is 35.5. The van der Waals surface area contributed by atoms with E-state index in [4.69, 9.17) is 11.6 Å². The normalized spacial score (nSPS) is 21.6. The van der Waals surface area contributed by atoms with Gasteiger partial charge in [-0.3, -0.25) is 4.99 Å². The summed E-state index contributed by atoms with van der Waals surface area (Å²) in [4.78, 5) is 9.00. The number of nitrogens with zero attached hydrogens (tertiary/aromatic N) is 2. The summed E-state index contributed by atoms with van der Waals surface area (Å²) >= 11 is 6.02. The molecule has 0 aromatic carbocycles. The molecule has 3 heterocycles. The van der Waals surface area contributed by atoms with Crippen LogP contribution in [0.3, 0.4) is 0 Å². The number of hydrogen-bond acceptors (Lipinski definition) is 4. The number of rotatable bonds is 6. The van der Waals surface area contributed by atoms with E-state index in [9.17, 15) is 0 Å². The van der Waals surface area contributed by atoms with Gasteiger partial charge in [0.1, 0.15) is 5.15 Å². The van der Waals surface area contributed by atoms with Crippen LogP contribution in [0.1, 0.15) is 38.3 Å². The Labute approximate surface area is 149 Å². The average molecular weight is 347 g/mol. The number of nitrogens with one attached hydrogen (secondary N) is 2. The Morgan fingerprint density at radius 1 is 1.38 bits per heavy atom. The van der Waals surface area contributed by atoms with Gasteiger partial charge in [0.25, 0.3) is 0 Å². The lowest BCUT2D eigenvalue weighted by molar-refractivity contribution is 0.353. The van der Waals surface area contributed by atoms with Gasteiger partial charge in [0.15, 0.2) is 0 Å². The number of aliphatic imine (C=N–C) groups is 1. The van der Waals surface area contributed by atoms with Gasteiger partial charge >= 0.3 is 0 Å². The zero-order valence-electron chi connectivity index (χ0n) is 14.4. The summed E-state index contributed by atoms with van der Waals surface area (Å²) in [5.41, 5.74) is 3.34. The summed E-state index contributed by atoms with van der Waals surface area (Å²) in [6.07, 6.45) is 10.0. The summed E-state index contributed by atoms with van der Waals surface area (Å²) in [5, 5.41) is 7.50. The van der Waals surface area contributed by atoms with E-state index in [0.29, 0.717) is 11.1 Å². The summed E-state index contributed by atoms with van der Waals surface area (Å²) in [7, 11) is 0. The molecule has 0 aliphatic carbocycles. The molecule has 1 fully saturated rings. The van der Waals surface area contributed by atoms with E-state index in [1.165, 1.54) is 37.9 Å². The molecule has 0 amide bonds. The van der Waals surface area contributed by atoms with Crippen molar-refractivity contribution in [2.24, 2.45) is 16.8 Å². The first-order valence-corrected chi connectivity index (χ1v) is 9.46. The van der Waals surface area contributed by atoms with Crippen LogP contribution in [0.4, 0.5) is 5.69 Å². The fraction of sp³-hybridized carbons (Fsp3) is 0.579. The van der Waals surface area contributed by atoms with E-state index in [1.807, 2.05) is 6.07 Å². The Kier molecular flexibility index (Phi) is 6.27. The van der Waals surface area contributed by atoms with Gasteiger partial charge in [0.05, 0.1) is 11.4 Å². The van der Waals surface area contributed by atoms with Crippen LogP contribution in [0, 0.1) is 11.8 Å². The van der Waals surface area contributed by atoms with E-state index in [-0.39, 0.29) is 0 Å². The highest BCUT2D eigenvalue weighted by molar-refractivity contribution is 6.29. The number of fused-ring (bicyclic) bond motifs is 1. The first-order chi connectivity index (χ1) is 11.8. The minimum Gasteiger partial charge on any atom is -0.391 e. The molecule has 4 nitrogen and oxygen atoms in total. The van der Waals surface area contributed by atoms with Crippen molar-refractivity contribution in [3.05, 3.63) is 34.8 Å². The van der Waals surface area contributed by atoms with Gasteiger partial charge in [-0.2, -0.15) is 0 Å². The molecule has 0 saturated carbocycles. The molecule has 0 bridgehead atoms. The molecule has 1 aromatic rings. The quantitative estimate of drug-likeness (QED) is 0.607. The van der Waals surface area contributed by atoms with Crippen molar-refractivity contribution in [3.63, 3.8) is 0 Å². The summed E-state index contributed by atoms with van der Waals surface area (Å²) in [5.74, 6) is 1.19. The second-order valence-corrected chi connectivity index (χ2v) is 7.08. The second-order valence-electron chi connectivity index (χ2n) is 6.70. The topological polar surface area (TPSA) is 49.3 Å². The van der Waals surface area contributed by atoms with Crippen LogP contribution >= 0.6 is 11.6 Å². The predicted octanol–water partition coefficient (Wildman–Crippen LogP) is 3.88. The standard InChI is InChI=1S/C19H27ClN4/c1-2-15(12-22-10-7-14-5-8-21-9-6-14)16-11-18-17(23-13-16)3-4-19(20)24-18/h3-4,12-14,16,21-22H,2,5-11H2,1H3. The fourth-order valence-corrected chi connectivity index (χ4v) is 3.69. The van der Waals surface area contributed by atoms with Crippen LogP contribution < -0.4 is 10.6 Å². The third-order valence-electron chi connectivity index (χ3n) is 5.05. The first kappa shape index (κ1) is 17.4. The molecule has 0 spiro atoms. The van der Waals surface area contributed by atoms with Crippen molar-refractivity contribution in [1.82, 2.24) is 15.6 Å². The molecule has 1 saturated heterocycles. The fourth-order valence-electron chi connectivity index (χ4n) is 3.53. The Hall–Kier alpha value is -1.39. The SMILES string of the molecule is CCC(=CNCCC1CCNCC1)C1C=Nc2ccc(Cl)nc2C1. The summed E-state index contributed by atoms with van der Waals surface area (Å²) < 4.78 is 0. The van der Waals surface area contributed by atoms with E-state index in [1.54, 1.807) is 6.07 Å². The Bertz CT molecular complexity index is 605. The molecular formula is C19H27ClN4. The largest absolute Gasteiger partial charge is 0.391 e. The number of hydrogen-bond donors (Lipinski definition) is 2. The Morgan fingerprint density at radius 3 is 3.00 bits per heavy atom. The van der Waals surface area contributed by atoms with Crippen molar-refractivity contribution in [2.75, 3.05) is 19.6 Å². The third-order valence-corrected chi connectivity index (χ3v) is 5.26. The van der Waals surface area contributed by atoms with Crippen LogP contribution in [0.5, 0.6) is 0 Å². The van der Waals surface area contributed by atoms with Crippen LogP contribution in [0.2, 0.25) is 5.15 Å². The van der Waals surface area contributed by atoms with Crippen LogP contribution in [0.25, 0.3) is 0 Å². The van der Waals surface area contributed by atoms with E-state index in [0.717, 1.165) is 36.7 Å². The predicted molar refractivity (Wildman–Crippen MR) is 101 cm³/mol. The molecule has 0 radical (unpaired) electrons. The Balaban J connectivity index is 1.54. The van der Waals surface area contributed by atoms with Gasteiger partial charge in [0, 0.05) is 25.1 Å². The minimum absolute atomic E-state index is 0.319. The lowest BCUT2D eigenvalue weighted by atomic mass is 9.91. The van der Waals surface area contributed by atoms with Crippen molar-refractivity contribution in [3.8, 4) is 0 Å². The number of allylic oxidation sites excluding steroid dienone is 1. The highest BCUT2D eigenvalue weighted by Gasteiger charge is 2.19. The second kappa shape index (κ2) is 8.63. The van der Waals surface area contributed by atoms with Gasteiger partial charge in [-0.1, -0.05) is 18.5 Å². The van der Waals surface area contributed by atoms with Crippen LogP contribution in [-0.4, -0.2) is 30.8 Å². The number of pyridine rings is 1. The summed E-state index contributed by atoms with van der Waals surface area (Å²) in [6.45, 7) is 5.61. The van der Waals surface area contributed by atoms with Crippen molar-refractivity contribution < 1.29 is 0 Å². The van der Waals surface area contributed by atoms with Gasteiger partial charge < -0.3 is 10.6 Å². The van der Waals surface area contributed by atoms with E-state index >= 15 is 0 Å². The number of aromatic nitrogens is 1. The minimum atomic E-state index is 0.319. The molecule has 1 unspecified atom stereocenters. The molecule has 2 aliphatic heterocycles. The molecular weight excluding hydrogens is 320 g/mol. The third kappa shape index (κ3) is 4.58. The average Bonchev–Trinajstić information content (AvgIpc) is 2.62. The monoisotopic (exact) mass is 346 g/mol. The molecule has 5 heteroatoms. The van der Waals surface area contributed by atoms with Crippen molar-refractivity contribution >= 4 is 23.5 Å². The zero-order valence-corrected chi connectivity index (χ0v) is 15.1. The molecule has 1 aromatic heterocycles. The van der Waals surface area contributed by atoms with Crippen LogP contribution in [-0.2, 0) is 6.42 Å². The lowest BCUT2D eigenvalue weighted by Gasteiger charge is -2.23. The van der Waals surface area contributed by atoms with E-state index < -0.39 is 0 Å². The maximum absolute atomic E-state index is 6.02. The molecule has 2 aliphatic rings. The van der Waals surface area contributed by atoms with E-state index in [2.05, 4.69) is 39.9 Å². The number of piperidine rings is 1. The first-order valence-electron chi connectivity index (χ1n) is 9.09. The maximum atomic E-state index is 6.02. The van der Waals surface area contributed by atoms with Crippen molar-refractivity contribution in [1.29, 1.82) is 0 Å². The smallest absolute Gasteiger partial charge is 0.129 e. The molecule has 130 valence electrons. The van der Waals surface area contributed by atoms with Crippen molar-refractivity contribution in [2.45, 2.75) is 39.0 Å². The van der Waals surface area contributed by atoms with Gasteiger partial charge in [0.2, 0.25) is 0 Å². The van der Waals surface area contributed by atoms with Gasteiger partial charge in [-0.25, -0.2) is 4.98 Å². The molecule has 2 N–H and O–H groups in total. The van der Waals surface area contributed by atoms with Gasteiger partial charge in [-0.05, 0) is 68.6 Å². The lowest BCUT2D eigenvalue weighted by Crippen LogP contribution is -2.29. The molecule has 3 rings (SSSR count). The van der Waals surface area contributed by atoms with Gasteiger partial charge in [-0.15, -0.1) is 0 Å². The molecule has 24 heavy (non-hydrogen) atoms. The molecule has 1 atom stereocenters. The maximum Gasteiger partial charge on any atom is 0.129 e. The van der Waals surface area contributed by atoms with Crippen LogP contribution in [0.15, 0.2) is 28.9 Å². The Morgan fingerprint density at radius 2 is 2.21 bits per heavy atom. The summed E-state index contributed by atoms with van der Waals surface area (Å²) in [6, 6.07) is 3.75. The zero-order chi connectivity index (χ0) is 16.8.